The first-order valence-corrected chi connectivity index (χ1v) is 8.15. The van der Waals surface area contributed by atoms with Gasteiger partial charge in [0.25, 0.3) is 5.91 Å². The fraction of sp³-hybridized carbons (Fsp3) is 0.111. The zero-order valence-corrected chi connectivity index (χ0v) is 15.4. The number of halogens is 2. The monoisotopic (exact) mass is 452 g/mol. The third kappa shape index (κ3) is 5.19. The van der Waals surface area contributed by atoms with Crippen LogP contribution in [-0.4, -0.2) is 25.8 Å². The molecule has 25 heavy (non-hydrogen) atoms. The van der Waals surface area contributed by atoms with Crippen LogP contribution in [-0.2, 0) is 0 Å². The van der Waals surface area contributed by atoms with Gasteiger partial charge in [0.1, 0.15) is 12.4 Å². The maximum atomic E-state index is 12.8. The van der Waals surface area contributed by atoms with Crippen molar-refractivity contribution < 1.29 is 18.7 Å². The molecule has 0 aromatic heterocycles. The molecule has 0 bridgehead atoms. The minimum Gasteiger partial charge on any atom is -0.493 e. The van der Waals surface area contributed by atoms with Crippen LogP contribution >= 0.6 is 22.6 Å². The van der Waals surface area contributed by atoms with E-state index in [0.717, 1.165) is 3.57 Å². The quantitative estimate of drug-likeness (QED) is 0.317. The molecule has 2 aromatic carbocycles. The van der Waals surface area contributed by atoms with Crippen molar-refractivity contribution in [3.63, 3.8) is 0 Å². The first-order chi connectivity index (χ1) is 12.0. The summed E-state index contributed by atoms with van der Waals surface area (Å²) in [5, 5.41) is 3.90. The second-order valence-electron chi connectivity index (χ2n) is 4.73. The number of hydrogen-bond donors (Lipinski definition) is 1. The highest BCUT2D eigenvalue weighted by Gasteiger charge is 2.11. The molecule has 2 rings (SSSR count). The molecule has 128 valence electrons. The van der Waals surface area contributed by atoms with Gasteiger partial charge in [0, 0.05) is 5.56 Å². The number of amides is 1. The van der Waals surface area contributed by atoms with E-state index in [4.69, 9.17) is 15.9 Å². The lowest BCUT2D eigenvalue weighted by atomic mass is 10.2. The maximum absolute atomic E-state index is 12.8. The van der Waals surface area contributed by atoms with E-state index in [-0.39, 0.29) is 6.61 Å². The predicted octanol–water partition coefficient (Wildman–Crippen LogP) is 3.21. The van der Waals surface area contributed by atoms with Gasteiger partial charge in [0.05, 0.1) is 16.9 Å². The summed E-state index contributed by atoms with van der Waals surface area (Å²) in [5.41, 5.74) is 3.39. The Morgan fingerprint density at radius 2 is 2.12 bits per heavy atom. The fourth-order valence-electron chi connectivity index (χ4n) is 1.90. The van der Waals surface area contributed by atoms with Crippen LogP contribution in [0.4, 0.5) is 4.39 Å². The number of hydrazone groups is 1. The third-order valence-electron chi connectivity index (χ3n) is 3.04. The van der Waals surface area contributed by atoms with Crippen molar-refractivity contribution in [2.75, 3.05) is 13.7 Å². The Morgan fingerprint density at radius 1 is 1.40 bits per heavy atom. The molecule has 1 N–H and O–H groups in total. The maximum Gasteiger partial charge on any atom is 0.271 e. The van der Waals surface area contributed by atoms with Gasteiger partial charge in [-0.2, -0.15) is 5.10 Å². The summed E-state index contributed by atoms with van der Waals surface area (Å²) < 4.78 is 24.4. The Hall–Kier alpha value is -2.60. The molecule has 0 spiro atoms. The molecule has 5 nitrogen and oxygen atoms in total. The van der Waals surface area contributed by atoms with Gasteiger partial charge in [0.15, 0.2) is 11.5 Å². The van der Waals surface area contributed by atoms with Gasteiger partial charge in [-0.25, -0.2) is 9.82 Å². The summed E-state index contributed by atoms with van der Waals surface area (Å²) in [6.45, 7) is 0.132. The fourth-order valence-corrected chi connectivity index (χ4v) is 2.68. The highest BCUT2D eigenvalue weighted by Crippen LogP contribution is 2.33. The van der Waals surface area contributed by atoms with Gasteiger partial charge in [-0.1, -0.05) is 5.92 Å². The van der Waals surface area contributed by atoms with Crippen LogP contribution in [0.3, 0.4) is 0 Å². The molecule has 1 amide bonds. The molecule has 0 radical (unpaired) electrons. The van der Waals surface area contributed by atoms with Crippen molar-refractivity contribution in [3.05, 3.63) is 56.9 Å². The van der Waals surface area contributed by atoms with E-state index >= 15 is 0 Å². The lowest BCUT2D eigenvalue weighted by Gasteiger charge is -2.11. The molecular weight excluding hydrogens is 438 g/mol. The average Bonchev–Trinajstić information content (AvgIpc) is 2.61. The number of hydrogen-bond acceptors (Lipinski definition) is 4. The second-order valence-corrected chi connectivity index (χ2v) is 5.90. The highest BCUT2D eigenvalue weighted by molar-refractivity contribution is 14.1. The van der Waals surface area contributed by atoms with Crippen molar-refractivity contribution in [1.82, 2.24) is 5.43 Å². The van der Waals surface area contributed by atoms with Crippen LogP contribution in [0.25, 0.3) is 0 Å². The molecule has 7 heteroatoms. The van der Waals surface area contributed by atoms with Gasteiger partial charge >= 0.3 is 0 Å². The topological polar surface area (TPSA) is 59.9 Å². The molecule has 0 atom stereocenters. The molecule has 0 saturated heterocycles. The molecule has 0 heterocycles. The van der Waals surface area contributed by atoms with Crippen LogP contribution in [0.15, 0.2) is 41.5 Å². The summed E-state index contributed by atoms with van der Waals surface area (Å²) >= 11 is 2.09. The van der Waals surface area contributed by atoms with Gasteiger partial charge in [-0.05, 0) is 64.6 Å². The largest absolute Gasteiger partial charge is 0.493 e. The average molecular weight is 452 g/mol. The lowest BCUT2D eigenvalue weighted by molar-refractivity contribution is 0.0955. The number of carbonyl (C=O) groups is 1. The predicted molar refractivity (Wildman–Crippen MR) is 101 cm³/mol. The van der Waals surface area contributed by atoms with Crippen LogP contribution in [0.2, 0.25) is 0 Å². The number of benzene rings is 2. The summed E-state index contributed by atoms with van der Waals surface area (Å²) in [5.74, 6) is 2.61. The first kappa shape index (κ1) is 18.7. The number of nitrogens with zero attached hydrogens (tertiary/aromatic N) is 1. The molecule has 0 unspecified atom stereocenters. The molecule has 0 saturated carbocycles. The van der Waals surface area contributed by atoms with E-state index < -0.39 is 11.7 Å². The number of terminal acetylenes is 1. The summed E-state index contributed by atoms with van der Waals surface area (Å²) in [7, 11) is 1.52. The lowest BCUT2D eigenvalue weighted by Crippen LogP contribution is -2.17. The number of methoxy groups -OCH3 is 1. The minimum absolute atomic E-state index is 0.132. The molecule has 0 aliphatic heterocycles. The van der Waals surface area contributed by atoms with Crippen molar-refractivity contribution in [1.29, 1.82) is 0 Å². The Labute approximate surface area is 158 Å². The van der Waals surface area contributed by atoms with Crippen LogP contribution in [0.1, 0.15) is 15.9 Å². The smallest absolute Gasteiger partial charge is 0.271 e. The highest BCUT2D eigenvalue weighted by atomic mass is 127. The zero-order chi connectivity index (χ0) is 18.2. The summed E-state index contributed by atoms with van der Waals surface area (Å²) in [4.78, 5) is 11.9. The van der Waals surface area contributed by atoms with E-state index in [2.05, 4.69) is 39.0 Å². The van der Waals surface area contributed by atoms with E-state index in [0.29, 0.717) is 22.6 Å². The number of nitrogens with one attached hydrogen (secondary N) is 1. The minimum atomic E-state index is -0.438. The first-order valence-electron chi connectivity index (χ1n) is 7.08. The van der Waals surface area contributed by atoms with E-state index in [1.807, 2.05) is 6.07 Å². The number of carbonyl (C=O) groups excluding carboxylic acids is 1. The molecular formula is C18H14FIN2O3. The normalized spacial score (nSPS) is 10.3. The van der Waals surface area contributed by atoms with Crippen LogP contribution in [0, 0.1) is 21.7 Å². The molecule has 0 aliphatic carbocycles. The SMILES string of the molecule is C#CCOc1c(I)cc(/C=N\NC(=O)c2ccc(F)cc2)cc1OC. The summed E-state index contributed by atoms with van der Waals surface area (Å²) in [6, 6.07) is 8.69. The van der Waals surface area contributed by atoms with Crippen molar-refractivity contribution in [2.45, 2.75) is 0 Å². The van der Waals surface area contributed by atoms with Crippen molar-refractivity contribution in [2.24, 2.45) is 5.10 Å². The number of rotatable bonds is 6. The second kappa shape index (κ2) is 9.03. The van der Waals surface area contributed by atoms with E-state index in [1.165, 1.54) is 37.6 Å². The van der Waals surface area contributed by atoms with Crippen molar-refractivity contribution >= 4 is 34.7 Å². The Kier molecular flexibility index (Phi) is 6.77. The van der Waals surface area contributed by atoms with Gasteiger partial charge in [-0.15, -0.1) is 6.42 Å². The Morgan fingerprint density at radius 3 is 2.76 bits per heavy atom. The van der Waals surface area contributed by atoms with Crippen molar-refractivity contribution in [3.8, 4) is 23.8 Å². The van der Waals surface area contributed by atoms with Crippen LogP contribution in [0.5, 0.6) is 11.5 Å². The third-order valence-corrected chi connectivity index (χ3v) is 3.84. The summed E-state index contributed by atoms with van der Waals surface area (Å²) in [6.07, 6.45) is 6.67. The molecule has 0 aliphatic rings. The standard InChI is InChI=1S/C18H14FIN2O3/c1-3-8-25-17-15(20)9-12(10-16(17)24-2)11-21-22-18(23)13-4-6-14(19)7-5-13/h1,4-7,9-11H,8H2,2H3,(H,22,23)/b21-11-. The van der Waals surface area contributed by atoms with Crippen LogP contribution < -0.4 is 14.9 Å². The molecule has 0 fully saturated rings. The van der Waals surface area contributed by atoms with Gasteiger partial charge in [-0.3, -0.25) is 4.79 Å². The Balaban J connectivity index is 2.10. The van der Waals surface area contributed by atoms with E-state index in [1.54, 1.807) is 6.07 Å². The van der Waals surface area contributed by atoms with Gasteiger partial charge in [0.2, 0.25) is 0 Å². The molecule has 2 aromatic rings. The van der Waals surface area contributed by atoms with Gasteiger partial charge < -0.3 is 9.47 Å². The Bertz CT molecular complexity index is 829. The number of ether oxygens (including phenoxy) is 2. The van der Waals surface area contributed by atoms with E-state index in [9.17, 15) is 9.18 Å². The zero-order valence-electron chi connectivity index (χ0n) is 13.3.